The van der Waals surface area contributed by atoms with Crippen LogP contribution in [0.4, 0.5) is 0 Å². The van der Waals surface area contributed by atoms with Gasteiger partial charge in [0.15, 0.2) is 0 Å². The Balaban J connectivity index is 1.75. The number of hydrogen-bond donors (Lipinski definition) is 1. The average molecular weight is 422 g/mol. The number of nitrogens with two attached hydrogens (primary N) is 1. The third-order valence-corrected chi connectivity index (χ3v) is 7.73. The zero-order chi connectivity index (χ0) is 19.2. The topological polar surface area (TPSA) is 97.6 Å². The number of guanidine groups is 1. The van der Waals surface area contributed by atoms with Gasteiger partial charge < -0.3 is 10.2 Å². The number of aromatic nitrogens is 2. The van der Waals surface area contributed by atoms with Crippen molar-refractivity contribution >= 4 is 39.9 Å². The van der Waals surface area contributed by atoms with Gasteiger partial charge in [0.25, 0.3) is 0 Å². The molecule has 0 aliphatic carbocycles. The van der Waals surface area contributed by atoms with Crippen molar-refractivity contribution in [3.05, 3.63) is 46.9 Å². The summed E-state index contributed by atoms with van der Waals surface area (Å²) in [6, 6.07) is 3.81. The lowest BCUT2D eigenvalue weighted by Gasteiger charge is -2.33. The summed E-state index contributed by atoms with van der Waals surface area (Å²) in [5, 5.41) is 0.567. The number of hydrogen-bond acceptors (Lipinski definition) is 7. The van der Waals surface area contributed by atoms with Gasteiger partial charge in [0.1, 0.15) is 22.8 Å². The summed E-state index contributed by atoms with van der Waals surface area (Å²) in [4.78, 5) is 14.7. The van der Waals surface area contributed by atoms with Crippen molar-refractivity contribution in [1.29, 1.82) is 0 Å². The fraction of sp³-hybridized carbons (Fsp3) is 0.235. The quantitative estimate of drug-likeness (QED) is 0.699. The maximum absolute atomic E-state index is 12.4. The predicted octanol–water partition coefficient (Wildman–Crippen LogP) is 3.26. The fourth-order valence-corrected chi connectivity index (χ4v) is 5.69. The van der Waals surface area contributed by atoms with Crippen LogP contribution in [0.5, 0.6) is 0 Å². The minimum atomic E-state index is -1.26. The number of pyridine rings is 1. The standard InChI is InChI=1S/C17H16ClN5O2S2/c1-17(9-27(24)23(2)16(19)22-17)14-12(18)6-13(26-14)10-5-11(8-20-7-10)15-21-3-4-25-15/h3-8H,9H2,1-2H3,(H2,19,22)/t17-,27?/m0/s1. The lowest BCUT2D eigenvalue weighted by molar-refractivity contribution is 0.524. The average Bonchev–Trinajstić information content (AvgIpc) is 3.30. The summed E-state index contributed by atoms with van der Waals surface area (Å²) in [5.74, 6) is 1.06. The van der Waals surface area contributed by atoms with Crippen LogP contribution in [-0.2, 0) is 16.5 Å². The molecule has 140 valence electrons. The fourth-order valence-electron chi connectivity index (χ4n) is 2.85. The first-order chi connectivity index (χ1) is 12.9. The minimum absolute atomic E-state index is 0.237. The summed E-state index contributed by atoms with van der Waals surface area (Å²) in [6.07, 6.45) is 6.56. The Labute approximate surface area is 167 Å². The first kappa shape index (κ1) is 18.1. The van der Waals surface area contributed by atoms with Crippen LogP contribution in [0.25, 0.3) is 21.9 Å². The zero-order valence-electron chi connectivity index (χ0n) is 14.5. The van der Waals surface area contributed by atoms with Gasteiger partial charge in [-0.05, 0) is 19.1 Å². The number of aliphatic imine (C=N–C) groups is 1. The van der Waals surface area contributed by atoms with Crippen LogP contribution in [0.2, 0.25) is 5.02 Å². The zero-order valence-corrected chi connectivity index (χ0v) is 16.9. The Morgan fingerprint density at radius 3 is 2.85 bits per heavy atom. The lowest BCUT2D eigenvalue weighted by atomic mass is 10.0. The summed E-state index contributed by atoms with van der Waals surface area (Å²) in [6.45, 7) is 1.90. The molecule has 4 heterocycles. The second kappa shape index (κ2) is 6.74. The highest BCUT2D eigenvalue weighted by molar-refractivity contribution is 7.83. The monoisotopic (exact) mass is 421 g/mol. The van der Waals surface area contributed by atoms with E-state index in [0.29, 0.717) is 16.7 Å². The van der Waals surface area contributed by atoms with Gasteiger partial charge >= 0.3 is 0 Å². The smallest absolute Gasteiger partial charge is 0.227 e. The molecule has 0 radical (unpaired) electrons. The molecule has 3 aromatic heterocycles. The van der Waals surface area contributed by atoms with Crippen LogP contribution < -0.4 is 5.73 Å². The molecule has 0 saturated heterocycles. The molecular formula is C17H16ClN5O2S2. The van der Waals surface area contributed by atoms with Crippen molar-refractivity contribution in [3.8, 4) is 21.9 Å². The van der Waals surface area contributed by atoms with Crippen molar-refractivity contribution in [1.82, 2.24) is 14.3 Å². The molecule has 0 spiro atoms. The molecule has 27 heavy (non-hydrogen) atoms. The molecule has 2 atom stereocenters. The highest BCUT2D eigenvalue weighted by Crippen LogP contribution is 2.43. The Kier molecular flexibility index (Phi) is 4.53. The third-order valence-electron chi connectivity index (χ3n) is 4.27. The van der Waals surface area contributed by atoms with Crippen molar-refractivity contribution in [2.45, 2.75) is 12.5 Å². The van der Waals surface area contributed by atoms with Crippen LogP contribution in [-0.4, -0.2) is 37.2 Å². The molecule has 0 fully saturated rings. The first-order valence-electron chi connectivity index (χ1n) is 8.00. The number of oxazole rings is 1. The molecule has 4 rings (SSSR count). The van der Waals surface area contributed by atoms with Gasteiger partial charge in [0.2, 0.25) is 11.9 Å². The maximum Gasteiger partial charge on any atom is 0.227 e. The summed E-state index contributed by atoms with van der Waals surface area (Å²) < 4.78 is 19.2. The largest absolute Gasteiger partial charge is 0.444 e. The summed E-state index contributed by atoms with van der Waals surface area (Å²) >= 11 is 8.02. The Bertz CT molecular complexity index is 1050. The van der Waals surface area contributed by atoms with E-state index in [0.717, 1.165) is 20.9 Å². The summed E-state index contributed by atoms with van der Waals surface area (Å²) in [7, 11) is 0.403. The van der Waals surface area contributed by atoms with Crippen molar-refractivity contribution in [3.63, 3.8) is 0 Å². The molecule has 7 nitrogen and oxygen atoms in total. The van der Waals surface area contributed by atoms with Gasteiger partial charge in [-0.1, -0.05) is 11.6 Å². The molecule has 0 bridgehead atoms. The van der Waals surface area contributed by atoms with E-state index in [2.05, 4.69) is 15.0 Å². The molecule has 2 N–H and O–H groups in total. The molecule has 1 aliphatic rings. The normalized spacial score (nSPS) is 22.7. The van der Waals surface area contributed by atoms with E-state index >= 15 is 0 Å². The van der Waals surface area contributed by atoms with E-state index < -0.39 is 16.5 Å². The first-order valence-corrected chi connectivity index (χ1v) is 10.5. The third kappa shape index (κ3) is 3.26. The van der Waals surface area contributed by atoms with Gasteiger partial charge in [0, 0.05) is 29.9 Å². The maximum atomic E-state index is 12.4. The molecular weight excluding hydrogens is 406 g/mol. The number of halogens is 1. The molecule has 0 aromatic carbocycles. The Hall–Kier alpha value is -2.23. The van der Waals surface area contributed by atoms with Gasteiger partial charge in [-0.3, -0.25) is 9.29 Å². The molecule has 3 aromatic rings. The van der Waals surface area contributed by atoms with E-state index in [1.165, 1.54) is 21.9 Å². The van der Waals surface area contributed by atoms with Crippen LogP contribution in [0.15, 0.2) is 46.4 Å². The van der Waals surface area contributed by atoms with E-state index in [9.17, 15) is 4.21 Å². The number of nitrogens with zero attached hydrogens (tertiary/aromatic N) is 4. The Morgan fingerprint density at radius 1 is 1.37 bits per heavy atom. The van der Waals surface area contributed by atoms with E-state index in [1.807, 2.05) is 19.1 Å². The number of thiophene rings is 1. The van der Waals surface area contributed by atoms with Crippen molar-refractivity contribution < 1.29 is 8.63 Å². The molecule has 1 unspecified atom stereocenters. The van der Waals surface area contributed by atoms with E-state index in [1.54, 1.807) is 25.6 Å². The van der Waals surface area contributed by atoms with Gasteiger partial charge in [-0.2, -0.15) is 0 Å². The molecule has 1 aliphatic heterocycles. The van der Waals surface area contributed by atoms with Crippen LogP contribution in [0.3, 0.4) is 0 Å². The predicted molar refractivity (Wildman–Crippen MR) is 108 cm³/mol. The molecule has 0 amide bonds. The lowest BCUT2D eigenvalue weighted by Crippen LogP contribution is -2.47. The van der Waals surface area contributed by atoms with Crippen molar-refractivity contribution in [2.24, 2.45) is 10.7 Å². The highest BCUT2D eigenvalue weighted by Gasteiger charge is 2.38. The second-order valence-electron chi connectivity index (χ2n) is 6.29. The van der Waals surface area contributed by atoms with Crippen LogP contribution >= 0.6 is 22.9 Å². The summed E-state index contributed by atoms with van der Waals surface area (Å²) in [5.41, 5.74) is 6.86. The number of rotatable bonds is 3. The molecule has 10 heteroatoms. The van der Waals surface area contributed by atoms with Gasteiger partial charge in [-0.25, -0.2) is 14.2 Å². The second-order valence-corrected chi connectivity index (χ2v) is 9.23. The SMILES string of the molecule is CN1C(N)=N[C@](C)(c2sc(-c3cncc(-c4ncco4)c3)cc2Cl)CS1=O. The van der Waals surface area contributed by atoms with E-state index in [-0.39, 0.29) is 5.96 Å². The van der Waals surface area contributed by atoms with Crippen LogP contribution in [0.1, 0.15) is 11.8 Å². The van der Waals surface area contributed by atoms with Crippen molar-refractivity contribution in [2.75, 3.05) is 12.8 Å². The van der Waals surface area contributed by atoms with Gasteiger partial charge in [0.05, 0.1) is 27.4 Å². The molecule has 0 saturated carbocycles. The highest BCUT2D eigenvalue weighted by atomic mass is 35.5. The van der Waals surface area contributed by atoms with E-state index in [4.69, 9.17) is 21.8 Å². The Morgan fingerprint density at radius 2 is 2.15 bits per heavy atom. The van der Waals surface area contributed by atoms with Crippen LogP contribution in [0, 0.1) is 0 Å². The minimum Gasteiger partial charge on any atom is -0.444 e. The van der Waals surface area contributed by atoms with Gasteiger partial charge in [-0.15, -0.1) is 11.3 Å².